The highest BCUT2D eigenvalue weighted by Crippen LogP contribution is 2.32. The topological polar surface area (TPSA) is 57.0 Å². The molecule has 1 aromatic heterocycles. The van der Waals surface area contributed by atoms with Crippen molar-refractivity contribution in [3.63, 3.8) is 0 Å². The van der Waals surface area contributed by atoms with Crippen LogP contribution < -0.4 is 0 Å². The molecule has 3 aliphatic rings. The summed E-state index contributed by atoms with van der Waals surface area (Å²) in [5.41, 5.74) is 0. The first-order valence-corrected chi connectivity index (χ1v) is 10.4. The molecule has 1 saturated carbocycles. The average molecular weight is 373 g/mol. The minimum absolute atomic E-state index is 0.0739. The van der Waals surface area contributed by atoms with Crippen LogP contribution >= 0.6 is 0 Å². The number of carbonyl (C=O) groups excluding carboxylic acids is 2. The second kappa shape index (κ2) is 8.05. The number of amides is 2. The molecule has 2 saturated heterocycles. The number of furan rings is 1. The zero-order valence-corrected chi connectivity index (χ0v) is 16.3. The number of piperidine rings is 2. The van der Waals surface area contributed by atoms with Crippen LogP contribution in [0.25, 0.3) is 0 Å². The lowest BCUT2D eigenvalue weighted by Gasteiger charge is -2.42. The molecule has 0 radical (unpaired) electrons. The van der Waals surface area contributed by atoms with Crippen molar-refractivity contribution < 1.29 is 14.0 Å². The lowest BCUT2D eigenvalue weighted by Crippen LogP contribution is -2.51. The van der Waals surface area contributed by atoms with Crippen molar-refractivity contribution in [2.45, 2.75) is 51.1 Å². The molecule has 1 aromatic rings. The minimum atomic E-state index is 0.0739. The van der Waals surface area contributed by atoms with Crippen molar-refractivity contribution in [3.05, 3.63) is 24.2 Å². The predicted octanol–water partition coefficient (Wildman–Crippen LogP) is 2.35. The molecule has 2 aliphatic heterocycles. The second-order valence-corrected chi connectivity index (χ2v) is 8.44. The minimum Gasteiger partial charge on any atom is -0.467 e. The Morgan fingerprint density at radius 1 is 1.11 bits per heavy atom. The molecule has 148 valence electrons. The maximum Gasteiger partial charge on any atom is 0.227 e. The van der Waals surface area contributed by atoms with Crippen LogP contribution in [0.15, 0.2) is 22.8 Å². The van der Waals surface area contributed by atoms with E-state index in [1.165, 1.54) is 0 Å². The highest BCUT2D eigenvalue weighted by atomic mass is 16.3. The SMILES string of the molecule is CN(Cc1ccco1)C(=O)C1CCCN(C2CCN(C(=O)C3CC3)CC2)C1. The molecule has 0 N–H and O–H groups in total. The summed E-state index contributed by atoms with van der Waals surface area (Å²) in [6.45, 7) is 4.22. The molecule has 1 unspecified atom stereocenters. The molecule has 1 atom stereocenters. The van der Waals surface area contributed by atoms with Gasteiger partial charge >= 0.3 is 0 Å². The third kappa shape index (κ3) is 4.37. The van der Waals surface area contributed by atoms with Gasteiger partial charge in [-0.1, -0.05) is 0 Å². The number of hydrogen-bond acceptors (Lipinski definition) is 4. The Morgan fingerprint density at radius 3 is 2.56 bits per heavy atom. The van der Waals surface area contributed by atoms with Crippen molar-refractivity contribution in [1.29, 1.82) is 0 Å². The Morgan fingerprint density at radius 2 is 1.89 bits per heavy atom. The Hall–Kier alpha value is -1.82. The Bertz CT molecular complexity index is 648. The summed E-state index contributed by atoms with van der Waals surface area (Å²) < 4.78 is 5.37. The fraction of sp³-hybridized carbons (Fsp3) is 0.714. The van der Waals surface area contributed by atoms with E-state index < -0.39 is 0 Å². The lowest BCUT2D eigenvalue weighted by molar-refractivity contribution is -0.137. The molecule has 2 amide bonds. The van der Waals surface area contributed by atoms with E-state index in [-0.39, 0.29) is 11.8 Å². The van der Waals surface area contributed by atoms with E-state index >= 15 is 0 Å². The van der Waals surface area contributed by atoms with Crippen molar-refractivity contribution in [1.82, 2.24) is 14.7 Å². The second-order valence-electron chi connectivity index (χ2n) is 8.44. The fourth-order valence-electron chi connectivity index (χ4n) is 4.61. The van der Waals surface area contributed by atoms with E-state index in [2.05, 4.69) is 9.80 Å². The van der Waals surface area contributed by atoms with Gasteiger partial charge in [0.1, 0.15) is 5.76 Å². The van der Waals surface area contributed by atoms with Crippen LogP contribution in [-0.4, -0.2) is 65.8 Å². The van der Waals surface area contributed by atoms with Gasteiger partial charge in [-0.25, -0.2) is 0 Å². The Balaban J connectivity index is 1.27. The van der Waals surface area contributed by atoms with Gasteiger partial charge in [0, 0.05) is 38.6 Å². The standard InChI is InChI=1S/C21H31N3O3/c1-22(15-19-5-3-13-27-19)20(25)17-4-2-10-24(14-17)18-8-11-23(12-9-18)21(26)16-6-7-16/h3,5,13,16-18H,2,4,6-12,14-15H2,1H3. The lowest BCUT2D eigenvalue weighted by atomic mass is 9.93. The Labute approximate surface area is 161 Å². The number of nitrogens with zero attached hydrogens (tertiary/aromatic N) is 3. The van der Waals surface area contributed by atoms with Crippen molar-refractivity contribution in [2.24, 2.45) is 11.8 Å². The van der Waals surface area contributed by atoms with E-state index in [4.69, 9.17) is 4.42 Å². The van der Waals surface area contributed by atoms with Crippen LogP contribution in [0.3, 0.4) is 0 Å². The van der Waals surface area contributed by atoms with E-state index in [9.17, 15) is 9.59 Å². The van der Waals surface area contributed by atoms with E-state index in [1.54, 1.807) is 11.2 Å². The molecule has 27 heavy (non-hydrogen) atoms. The number of hydrogen-bond donors (Lipinski definition) is 0. The molecule has 3 fully saturated rings. The van der Waals surface area contributed by atoms with Crippen molar-refractivity contribution in [2.75, 3.05) is 33.2 Å². The summed E-state index contributed by atoms with van der Waals surface area (Å²) in [6.07, 6.45) is 7.95. The molecule has 0 bridgehead atoms. The van der Waals surface area contributed by atoms with Crippen LogP contribution in [0, 0.1) is 11.8 Å². The summed E-state index contributed by atoms with van der Waals surface area (Å²) in [6, 6.07) is 4.28. The van der Waals surface area contributed by atoms with Crippen LogP contribution in [0.1, 0.15) is 44.3 Å². The van der Waals surface area contributed by atoms with Gasteiger partial charge in [0.15, 0.2) is 0 Å². The first-order valence-electron chi connectivity index (χ1n) is 10.4. The van der Waals surface area contributed by atoms with Gasteiger partial charge < -0.3 is 14.2 Å². The van der Waals surface area contributed by atoms with Gasteiger partial charge in [0.2, 0.25) is 11.8 Å². The fourth-order valence-corrected chi connectivity index (χ4v) is 4.61. The molecule has 0 aromatic carbocycles. The zero-order valence-electron chi connectivity index (χ0n) is 16.3. The highest BCUT2D eigenvalue weighted by molar-refractivity contribution is 5.81. The third-order valence-electron chi connectivity index (χ3n) is 6.37. The van der Waals surface area contributed by atoms with E-state index in [1.807, 2.05) is 19.2 Å². The van der Waals surface area contributed by atoms with Crippen LogP contribution in [-0.2, 0) is 16.1 Å². The average Bonchev–Trinajstić information content (AvgIpc) is 3.44. The molecule has 4 rings (SSSR count). The van der Waals surface area contributed by atoms with Gasteiger partial charge in [-0.3, -0.25) is 14.5 Å². The summed E-state index contributed by atoms with van der Waals surface area (Å²) in [7, 11) is 1.87. The van der Waals surface area contributed by atoms with E-state index in [0.29, 0.717) is 24.4 Å². The quantitative estimate of drug-likeness (QED) is 0.795. The monoisotopic (exact) mass is 373 g/mol. The van der Waals surface area contributed by atoms with Crippen LogP contribution in [0.2, 0.25) is 0 Å². The van der Waals surface area contributed by atoms with Gasteiger partial charge in [-0.05, 0) is 57.2 Å². The number of rotatable bonds is 5. The van der Waals surface area contributed by atoms with Crippen molar-refractivity contribution >= 4 is 11.8 Å². The summed E-state index contributed by atoms with van der Waals surface area (Å²) in [4.78, 5) is 31.5. The summed E-state index contributed by atoms with van der Waals surface area (Å²) in [5, 5.41) is 0. The zero-order chi connectivity index (χ0) is 18.8. The van der Waals surface area contributed by atoms with Gasteiger partial charge in [-0.15, -0.1) is 0 Å². The number of carbonyl (C=O) groups is 2. The first-order chi connectivity index (χ1) is 13.1. The molecule has 6 heteroatoms. The third-order valence-corrected chi connectivity index (χ3v) is 6.37. The molecule has 1 aliphatic carbocycles. The molecule has 0 spiro atoms. The summed E-state index contributed by atoms with van der Waals surface area (Å²) in [5.74, 6) is 1.82. The van der Waals surface area contributed by atoms with Gasteiger partial charge in [0.05, 0.1) is 18.7 Å². The number of likely N-dealkylation sites (tertiary alicyclic amines) is 2. The van der Waals surface area contributed by atoms with Crippen LogP contribution in [0.4, 0.5) is 0 Å². The Kier molecular flexibility index (Phi) is 5.53. The van der Waals surface area contributed by atoms with Gasteiger partial charge in [-0.2, -0.15) is 0 Å². The highest BCUT2D eigenvalue weighted by Gasteiger charge is 2.37. The predicted molar refractivity (Wildman–Crippen MR) is 102 cm³/mol. The van der Waals surface area contributed by atoms with Gasteiger partial charge in [0.25, 0.3) is 0 Å². The molecular formula is C21H31N3O3. The normalized spacial score (nSPS) is 24.8. The molecule has 3 heterocycles. The largest absolute Gasteiger partial charge is 0.467 e. The smallest absolute Gasteiger partial charge is 0.227 e. The maximum absolute atomic E-state index is 12.9. The van der Waals surface area contributed by atoms with Crippen LogP contribution in [0.5, 0.6) is 0 Å². The first kappa shape index (κ1) is 18.5. The van der Waals surface area contributed by atoms with Crippen molar-refractivity contribution in [3.8, 4) is 0 Å². The molecule has 6 nitrogen and oxygen atoms in total. The maximum atomic E-state index is 12.9. The van der Waals surface area contributed by atoms with E-state index in [0.717, 1.165) is 70.5 Å². The molecular weight excluding hydrogens is 342 g/mol. The summed E-state index contributed by atoms with van der Waals surface area (Å²) >= 11 is 0.